The van der Waals surface area contributed by atoms with Crippen LogP contribution in [0.25, 0.3) is 5.69 Å². The molecule has 25 heavy (non-hydrogen) atoms. The Morgan fingerprint density at radius 3 is 2.72 bits per heavy atom. The van der Waals surface area contributed by atoms with E-state index in [2.05, 4.69) is 5.10 Å². The number of rotatable bonds is 3. The SMILES string of the molecule is CC1CN(C(=O)c2cnn(-c3ccc(Cl)cc3Cl)c2)CCC1C(=O)O. The molecule has 1 aliphatic heterocycles. The van der Waals surface area contributed by atoms with Crippen LogP contribution < -0.4 is 0 Å². The van der Waals surface area contributed by atoms with Crippen LogP contribution in [0, 0.1) is 11.8 Å². The first kappa shape index (κ1) is 17.8. The standard InChI is InChI=1S/C17H17Cl2N3O3/c1-10-8-21(5-4-13(10)17(24)25)16(23)11-7-20-22(9-11)15-3-2-12(18)6-14(15)19/h2-3,6-7,9-10,13H,4-5,8H2,1H3,(H,24,25). The molecule has 0 saturated carbocycles. The van der Waals surface area contributed by atoms with Crippen molar-refractivity contribution >= 4 is 35.1 Å². The molecule has 2 unspecified atom stereocenters. The molecule has 1 saturated heterocycles. The van der Waals surface area contributed by atoms with Gasteiger partial charge in [-0.05, 0) is 30.5 Å². The second kappa shape index (κ2) is 7.06. The second-order valence-electron chi connectivity index (χ2n) is 6.23. The maximum Gasteiger partial charge on any atom is 0.306 e. The van der Waals surface area contributed by atoms with Crippen LogP contribution in [0.2, 0.25) is 10.0 Å². The summed E-state index contributed by atoms with van der Waals surface area (Å²) in [6, 6.07) is 5.04. The molecule has 2 atom stereocenters. The molecule has 1 aromatic heterocycles. The largest absolute Gasteiger partial charge is 0.481 e. The van der Waals surface area contributed by atoms with E-state index in [9.17, 15) is 14.7 Å². The van der Waals surface area contributed by atoms with Crippen molar-refractivity contribution in [3.63, 3.8) is 0 Å². The Morgan fingerprint density at radius 1 is 1.32 bits per heavy atom. The minimum Gasteiger partial charge on any atom is -0.481 e. The van der Waals surface area contributed by atoms with Gasteiger partial charge in [0.2, 0.25) is 0 Å². The molecule has 0 spiro atoms. The van der Waals surface area contributed by atoms with Crippen molar-refractivity contribution in [3.8, 4) is 5.69 Å². The lowest BCUT2D eigenvalue weighted by molar-refractivity contribution is -0.145. The third kappa shape index (κ3) is 3.65. The number of carbonyl (C=O) groups is 2. The topological polar surface area (TPSA) is 75.4 Å². The van der Waals surface area contributed by atoms with Gasteiger partial charge in [0.25, 0.3) is 5.91 Å². The van der Waals surface area contributed by atoms with Gasteiger partial charge >= 0.3 is 5.97 Å². The van der Waals surface area contributed by atoms with E-state index in [1.54, 1.807) is 29.3 Å². The van der Waals surface area contributed by atoms with E-state index >= 15 is 0 Å². The molecule has 6 nitrogen and oxygen atoms in total. The molecule has 1 amide bonds. The number of carboxylic acid groups (broad SMARTS) is 1. The van der Waals surface area contributed by atoms with Crippen molar-refractivity contribution in [1.29, 1.82) is 0 Å². The van der Waals surface area contributed by atoms with Gasteiger partial charge in [0.15, 0.2) is 0 Å². The molecular weight excluding hydrogens is 365 g/mol. The number of hydrogen-bond donors (Lipinski definition) is 1. The molecule has 1 N–H and O–H groups in total. The molecule has 1 fully saturated rings. The predicted molar refractivity (Wildman–Crippen MR) is 94.4 cm³/mol. The fraction of sp³-hybridized carbons (Fsp3) is 0.353. The number of aromatic nitrogens is 2. The molecule has 8 heteroatoms. The first-order chi connectivity index (χ1) is 11.9. The molecule has 2 heterocycles. The number of likely N-dealkylation sites (tertiary alicyclic amines) is 1. The third-order valence-corrected chi connectivity index (χ3v) is 5.03. The van der Waals surface area contributed by atoms with Crippen LogP contribution in [0.15, 0.2) is 30.6 Å². The summed E-state index contributed by atoms with van der Waals surface area (Å²) in [5, 5.41) is 14.3. The highest BCUT2D eigenvalue weighted by Gasteiger charge is 2.33. The molecule has 0 aliphatic carbocycles. The van der Waals surface area contributed by atoms with Crippen LogP contribution in [-0.2, 0) is 4.79 Å². The lowest BCUT2D eigenvalue weighted by Crippen LogP contribution is -2.44. The van der Waals surface area contributed by atoms with Gasteiger partial charge < -0.3 is 10.0 Å². The molecule has 2 aromatic rings. The quantitative estimate of drug-likeness (QED) is 0.883. The number of carbonyl (C=O) groups excluding carboxylic acids is 1. The van der Waals surface area contributed by atoms with Gasteiger partial charge in [0.05, 0.1) is 28.4 Å². The Morgan fingerprint density at radius 2 is 2.08 bits per heavy atom. The Kier molecular flexibility index (Phi) is 5.01. The van der Waals surface area contributed by atoms with Gasteiger partial charge in [-0.15, -0.1) is 0 Å². The number of halogens is 2. The number of hydrogen-bond acceptors (Lipinski definition) is 3. The van der Waals surface area contributed by atoms with E-state index < -0.39 is 11.9 Å². The minimum absolute atomic E-state index is 0.0871. The Balaban J connectivity index is 1.76. The lowest BCUT2D eigenvalue weighted by Gasteiger charge is -2.34. The van der Waals surface area contributed by atoms with E-state index in [-0.39, 0.29) is 11.8 Å². The molecule has 1 aromatic carbocycles. The summed E-state index contributed by atoms with van der Waals surface area (Å²) in [7, 11) is 0. The number of aliphatic carboxylic acids is 1. The normalized spacial score (nSPS) is 20.5. The minimum atomic E-state index is -0.801. The van der Waals surface area contributed by atoms with Gasteiger partial charge in [-0.25, -0.2) is 4.68 Å². The Bertz CT molecular complexity index is 821. The van der Waals surface area contributed by atoms with Crippen molar-refractivity contribution in [3.05, 3.63) is 46.2 Å². The first-order valence-corrected chi connectivity index (χ1v) is 8.64. The molecule has 3 rings (SSSR count). The van der Waals surface area contributed by atoms with Crippen LogP contribution in [0.5, 0.6) is 0 Å². The number of carboxylic acids is 1. The molecule has 0 radical (unpaired) electrons. The zero-order chi connectivity index (χ0) is 18.1. The van der Waals surface area contributed by atoms with Gasteiger partial charge in [0.1, 0.15) is 0 Å². The third-order valence-electron chi connectivity index (χ3n) is 4.50. The second-order valence-corrected chi connectivity index (χ2v) is 7.07. The summed E-state index contributed by atoms with van der Waals surface area (Å²) in [4.78, 5) is 25.5. The number of piperidine rings is 1. The molecule has 132 valence electrons. The van der Waals surface area contributed by atoms with E-state index in [1.165, 1.54) is 10.9 Å². The average Bonchev–Trinajstić information content (AvgIpc) is 3.03. The first-order valence-electron chi connectivity index (χ1n) is 7.89. The monoisotopic (exact) mass is 381 g/mol. The van der Waals surface area contributed by atoms with Crippen molar-refractivity contribution < 1.29 is 14.7 Å². The summed E-state index contributed by atoms with van der Waals surface area (Å²) < 4.78 is 1.53. The van der Waals surface area contributed by atoms with Crippen LogP contribution in [-0.4, -0.2) is 44.8 Å². The number of benzene rings is 1. The number of nitrogens with zero attached hydrogens (tertiary/aromatic N) is 3. The van der Waals surface area contributed by atoms with Crippen molar-refractivity contribution in [2.24, 2.45) is 11.8 Å². The Labute approximate surface area is 154 Å². The van der Waals surface area contributed by atoms with E-state index in [1.807, 2.05) is 6.92 Å². The predicted octanol–water partition coefficient (Wildman–Crippen LogP) is 3.36. The maximum atomic E-state index is 12.7. The zero-order valence-corrected chi connectivity index (χ0v) is 15.0. The highest BCUT2D eigenvalue weighted by Crippen LogP contribution is 2.26. The Hall–Kier alpha value is -2.05. The van der Waals surface area contributed by atoms with E-state index in [4.69, 9.17) is 23.2 Å². The smallest absolute Gasteiger partial charge is 0.306 e. The lowest BCUT2D eigenvalue weighted by atomic mass is 9.87. The molecule has 1 aliphatic rings. The number of amides is 1. The summed E-state index contributed by atoms with van der Waals surface area (Å²) >= 11 is 12.1. The fourth-order valence-corrected chi connectivity index (χ4v) is 3.61. The van der Waals surface area contributed by atoms with E-state index in [0.29, 0.717) is 40.8 Å². The maximum absolute atomic E-state index is 12.7. The van der Waals surface area contributed by atoms with Crippen LogP contribution in [0.4, 0.5) is 0 Å². The average molecular weight is 382 g/mol. The van der Waals surface area contributed by atoms with Gasteiger partial charge in [0, 0.05) is 24.3 Å². The van der Waals surface area contributed by atoms with Crippen LogP contribution in [0.3, 0.4) is 0 Å². The summed E-state index contributed by atoms with van der Waals surface area (Å²) in [5.74, 6) is -1.45. The van der Waals surface area contributed by atoms with Gasteiger partial charge in [-0.1, -0.05) is 30.1 Å². The zero-order valence-electron chi connectivity index (χ0n) is 13.5. The summed E-state index contributed by atoms with van der Waals surface area (Å²) in [6.07, 6.45) is 3.56. The van der Waals surface area contributed by atoms with Crippen LogP contribution >= 0.6 is 23.2 Å². The molecule has 0 bridgehead atoms. The van der Waals surface area contributed by atoms with Gasteiger partial charge in [-0.2, -0.15) is 5.10 Å². The summed E-state index contributed by atoms with van der Waals surface area (Å²) in [6.45, 7) is 2.70. The highest BCUT2D eigenvalue weighted by atomic mass is 35.5. The van der Waals surface area contributed by atoms with E-state index in [0.717, 1.165) is 0 Å². The fourth-order valence-electron chi connectivity index (χ4n) is 3.11. The molecular formula is C17H17Cl2N3O3. The van der Waals surface area contributed by atoms with Crippen molar-refractivity contribution in [2.75, 3.05) is 13.1 Å². The highest BCUT2D eigenvalue weighted by molar-refractivity contribution is 6.35. The van der Waals surface area contributed by atoms with Gasteiger partial charge in [-0.3, -0.25) is 9.59 Å². The van der Waals surface area contributed by atoms with Crippen molar-refractivity contribution in [1.82, 2.24) is 14.7 Å². The van der Waals surface area contributed by atoms with Crippen molar-refractivity contribution in [2.45, 2.75) is 13.3 Å². The summed E-state index contributed by atoms with van der Waals surface area (Å²) in [5.41, 5.74) is 1.06. The van der Waals surface area contributed by atoms with Crippen LogP contribution in [0.1, 0.15) is 23.7 Å².